The molecule has 2 rings (SSSR count). The zero-order valence-electron chi connectivity index (χ0n) is 7.17. The summed E-state index contributed by atoms with van der Waals surface area (Å²) in [6.07, 6.45) is 5.80. The first-order chi connectivity index (χ1) is 5.83. The van der Waals surface area contributed by atoms with Crippen LogP contribution in [0.15, 0.2) is 9.59 Å². The molecule has 0 spiro atoms. The van der Waals surface area contributed by atoms with Gasteiger partial charge in [0, 0.05) is 6.04 Å². The van der Waals surface area contributed by atoms with E-state index < -0.39 is 0 Å². The topological polar surface area (TPSA) is 26.0 Å². The van der Waals surface area contributed by atoms with E-state index in [4.69, 9.17) is 5.73 Å². The third-order valence-electron chi connectivity index (χ3n) is 2.39. The van der Waals surface area contributed by atoms with E-state index in [2.05, 4.69) is 11.6 Å². The van der Waals surface area contributed by atoms with Gasteiger partial charge in [0.05, 0.1) is 4.21 Å². The molecule has 0 aliphatic heterocycles. The van der Waals surface area contributed by atoms with E-state index in [1.807, 2.05) is 23.1 Å². The Labute approximate surface area is 81.4 Å². The van der Waals surface area contributed by atoms with E-state index in [0.29, 0.717) is 6.04 Å². The number of thioether (sulfide) groups is 1. The summed E-state index contributed by atoms with van der Waals surface area (Å²) in [5.41, 5.74) is 9.01. The highest BCUT2D eigenvalue weighted by Gasteiger charge is 2.21. The van der Waals surface area contributed by atoms with E-state index in [1.54, 1.807) is 0 Å². The molecule has 0 saturated carbocycles. The van der Waals surface area contributed by atoms with Crippen LogP contribution in [0.2, 0.25) is 0 Å². The summed E-state index contributed by atoms with van der Waals surface area (Å²) in [4.78, 5) is 0. The lowest BCUT2D eigenvalue weighted by molar-refractivity contribution is 0.567. The van der Waals surface area contributed by atoms with Crippen LogP contribution in [-0.4, -0.2) is 6.26 Å². The van der Waals surface area contributed by atoms with Crippen molar-refractivity contribution in [2.75, 3.05) is 6.26 Å². The second-order valence-corrected chi connectivity index (χ2v) is 5.12. The van der Waals surface area contributed by atoms with Gasteiger partial charge in [-0.05, 0) is 42.0 Å². The Kier molecular flexibility index (Phi) is 2.44. The molecule has 0 fully saturated rings. The molecule has 1 aliphatic rings. The van der Waals surface area contributed by atoms with Crippen LogP contribution in [0.4, 0.5) is 0 Å². The second kappa shape index (κ2) is 3.40. The normalized spacial score (nSPS) is 22.3. The fourth-order valence-electron chi connectivity index (χ4n) is 1.78. The van der Waals surface area contributed by atoms with Gasteiger partial charge in [-0.25, -0.2) is 0 Å². The van der Waals surface area contributed by atoms with E-state index in [9.17, 15) is 0 Å². The van der Waals surface area contributed by atoms with Crippen LogP contribution in [0.25, 0.3) is 0 Å². The predicted molar refractivity (Wildman–Crippen MR) is 56.0 cm³/mol. The number of nitrogens with two attached hydrogens (primary N) is 1. The van der Waals surface area contributed by atoms with Crippen molar-refractivity contribution in [3.63, 3.8) is 0 Å². The maximum absolute atomic E-state index is 6.06. The highest BCUT2D eigenvalue weighted by Crippen LogP contribution is 2.39. The van der Waals surface area contributed by atoms with Crippen LogP contribution in [0.1, 0.15) is 30.0 Å². The van der Waals surface area contributed by atoms with Crippen LogP contribution in [0.3, 0.4) is 0 Å². The predicted octanol–water partition coefficient (Wildman–Crippen LogP) is 2.81. The molecule has 3 heteroatoms. The minimum atomic E-state index is 0.308. The molecule has 1 aromatic heterocycles. The minimum Gasteiger partial charge on any atom is -0.324 e. The summed E-state index contributed by atoms with van der Waals surface area (Å²) >= 11 is 3.68. The average molecular weight is 199 g/mol. The van der Waals surface area contributed by atoms with E-state index in [-0.39, 0.29) is 0 Å². The zero-order chi connectivity index (χ0) is 8.55. The van der Waals surface area contributed by atoms with Crippen LogP contribution >= 0.6 is 23.1 Å². The lowest BCUT2D eigenvalue weighted by Crippen LogP contribution is -2.16. The fourth-order valence-corrected chi connectivity index (χ4v) is 3.72. The van der Waals surface area contributed by atoms with Crippen molar-refractivity contribution in [1.29, 1.82) is 0 Å². The highest BCUT2D eigenvalue weighted by molar-refractivity contribution is 8.00. The molecule has 66 valence electrons. The SMILES string of the molecule is CSc1scc2c1C(N)CCC2. The van der Waals surface area contributed by atoms with Gasteiger partial charge < -0.3 is 5.73 Å². The van der Waals surface area contributed by atoms with Gasteiger partial charge in [-0.15, -0.1) is 23.1 Å². The minimum absolute atomic E-state index is 0.308. The summed E-state index contributed by atoms with van der Waals surface area (Å²) in [7, 11) is 0. The molecule has 1 aromatic rings. The van der Waals surface area contributed by atoms with Gasteiger partial charge in [0.1, 0.15) is 0 Å². The van der Waals surface area contributed by atoms with Gasteiger partial charge in [0.15, 0.2) is 0 Å². The molecule has 1 unspecified atom stereocenters. The van der Waals surface area contributed by atoms with Gasteiger partial charge in [0.2, 0.25) is 0 Å². The molecule has 0 radical (unpaired) electrons. The van der Waals surface area contributed by atoms with Crippen molar-refractivity contribution in [2.24, 2.45) is 5.73 Å². The Hall–Kier alpha value is 0.01000. The lowest BCUT2D eigenvalue weighted by Gasteiger charge is -2.19. The van der Waals surface area contributed by atoms with Crippen LogP contribution in [-0.2, 0) is 6.42 Å². The number of thiophene rings is 1. The van der Waals surface area contributed by atoms with Crippen LogP contribution < -0.4 is 5.73 Å². The van der Waals surface area contributed by atoms with Gasteiger partial charge in [-0.3, -0.25) is 0 Å². The number of hydrogen-bond donors (Lipinski definition) is 1. The van der Waals surface area contributed by atoms with E-state index >= 15 is 0 Å². The van der Waals surface area contributed by atoms with Crippen molar-refractivity contribution >= 4 is 23.1 Å². The quantitative estimate of drug-likeness (QED) is 0.704. The Morgan fingerprint density at radius 2 is 2.50 bits per heavy atom. The van der Waals surface area contributed by atoms with Crippen LogP contribution in [0, 0.1) is 0 Å². The van der Waals surface area contributed by atoms with Gasteiger partial charge in [0.25, 0.3) is 0 Å². The van der Waals surface area contributed by atoms with E-state index in [0.717, 1.165) is 6.42 Å². The van der Waals surface area contributed by atoms with Gasteiger partial charge in [-0.2, -0.15) is 0 Å². The van der Waals surface area contributed by atoms with Crippen molar-refractivity contribution < 1.29 is 0 Å². The largest absolute Gasteiger partial charge is 0.324 e. The molecule has 0 saturated heterocycles. The number of rotatable bonds is 1. The maximum atomic E-state index is 6.06. The third kappa shape index (κ3) is 1.30. The summed E-state index contributed by atoms with van der Waals surface area (Å²) in [5, 5.41) is 2.28. The summed E-state index contributed by atoms with van der Waals surface area (Å²) in [6, 6.07) is 0.308. The average Bonchev–Trinajstić information content (AvgIpc) is 2.49. The Morgan fingerprint density at radius 1 is 1.67 bits per heavy atom. The van der Waals surface area contributed by atoms with Crippen molar-refractivity contribution in [3.8, 4) is 0 Å². The first-order valence-corrected chi connectivity index (χ1v) is 6.33. The third-order valence-corrected chi connectivity index (χ3v) is 4.61. The first-order valence-electron chi connectivity index (χ1n) is 4.22. The fraction of sp³-hybridized carbons (Fsp3) is 0.556. The second-order valence-electron chi connectivity index (χ2n) is 3.16. The van der Waals surface area contributed by atoms with Crippen molar-refractivity contribution in [1.82, 2.24) is 0 Å². The van der Waals surface area contributed by atoms with E-state index in [1.165, 1.54) is 28.2 Å². The smallest absolute Gasteiger partial charge is 0.0646 e. The molecule has 0 amide bonds. The van der Waals surface area contributed by atoms with Gasteiger partial charge in [-0.1, -0.05) is 0 Å². The number of hydrogen-bond acceptors (Lipinski definition) is 3. The van der Waals surface area contributed by atoms with Crippen molar-refractivity contribution in [3.05, 3.63) is 16.5 Å². The monoisotopic (exact) mass is 199 g/mol. The van der Waals surface area contributed by atoms with Crippen molar-refractivity contribution in [2.45, 2.75) is 29.5 Å². The zero-order valence-corrected chi connectivity index (χ0v) is 8.80. The summed E-state index contributed by atoms with van der Waals surface area (Å²) in [5.74, 6) is 0. The molecule has 1 heterocycles. The summed E-state index contributed by atoms with van der Waals surface area (Å²) in [6.45, 7) is 0. The first kappa shape index (κ1) is 8.60. The van der Waals surface area contributed by atoms with Gasteiger partial charge >= 0.3 is 0 Å². The molecular formula is C9H13NS2. The summed E-state index contributed by atoms with van der Waals surface area (Å²) < 4.78 is 1.43. The standard InChI is InChI=1S/C9H13NS2/c1-11-9-8-6(5-12-9)3-2-4-7(8)10/h5,7H,2-4,10H2,1H3. The molecule has 1 atom stereocenters. The molecule has 2 N–H and O–H groups in total. The molecule has 1 aliphatic carbocycles. The Morgan fingerprint density at radius 3 is 3.25 bits per heavy atom. The highest BCUT2D eigenvalue weighted by atomic mass is 32.2. The van der Waals surface area contributed by atoms with Crippen LogP contribution in [0.5, 0.6) is 0 Å². The molecule has 12 heavy (non-hydrogen) atoms. The Bertz CT molecular complexity index is 267. The molecule has 0 aromatic carbocycles. The number of fused-ring (bicyclic) bond motifs is 1. The molecule has 1 nitrogen and oxygen atoms in total. The number of aryl methyl sites for hydroxylation is 1. The molecular weight excluding hydrogens is 186 g/mol. The lowest BCUT2D eigenvalue weighted by atomic mass is 9.92. The Balaban J connectivity index is 2.43. The maximum Gasteiger partial charge on any atom is 0.0646 e. The molecule has 0 bridgehead atoms.